The van der Waals surface area contributed by atoms with E-state index in [1.54, 1.807) is 32.3 Å². The van der Waals surface area contributed by atoms with Gasteiger partial charge in [-0.3, -0.25) is 14.9 Å². The molecule has 22 heavy (non-hydrogen) atoms. The van der Waals surface area contributed by atoms with Crippen molar-refractivity contribution < 1.29 is 14.5 Å². The van der Waals surface area contributed by atoms with Gasteiger partial charge in [-0.1, -0.05) is 17.7 Å². The normalized spacial score (nSPS) is 10.1. The van der Waals surface area contributed by atoms with Gasteiger partial charge in [-0.05, 0) is 30.3 Å². The van der Waals surface area contributed by atoms with Gasteiger partial charge in [0.25, 0.3) is 5.91 Å². The number of nitrogens with zero attached hydrogens (tertiary/aromatic N) is 2. The second-order valence-corrected chi connectivity index (χ2v) is 5.14. The number of benzene rings is 2. The summed E-state index contributed by atoms with van der Waals surface area (Å²) in [4.78, 5) is 23.8. The number of ether oxygens (including phenoxy) is 1. The van der Waals surface area contributed by atoms with E-state index in [1.165, 1.54) is 29.2 Å². The zero-order valence-corrected chi connectivity index (χ0v) is 12.7. The average Bonchev–Trinajstić information content (AvgIpc) is 2.48. The molecular formula is C15H13ClN2O4. The molecule has 2 aromatic rings. The highest BCUT2D eigenvalue weighted by atomic mass is 35.5. The van der Waals surface area contributed by atoms with Crippen LogP contribution < -0.4 is 4.74 Å². The van der Waals surface area contributed by atoms with Crippen LogP contribution in [0.3, 0.4) is 0 Å². The van der Waals surface area contributed by atoms with E-state index in [0.29, 0.717) is 11.3 Å². The number of halogens is 1. The van der Waals surface area contributed by atoms with Crippen LogP contribution in [0, 0.1) is 10.1 Å². The molecule has 114 valence electrons. The van der Waals surface area contributed by atoms with Gasteiger partial charge in [0.15, 0.2) is 0 Å². The van der Waals surface area contributed by atoms with E-state index in [4.69, 9.17) is 16.3 Å². The Bertz CT molecular complexity index is 731. The van der Waals surface area contributed by atoms with Gasteiger partial charge in [-0.15, -0.1) is 0 Å². The molecule has 1 amide bonds. The Morgan fingerprint density at radius 1 is 1.23 bits per heavy atom. The summed E-state index contributed by atoms with van der Waals surface area (Å²) >= 11 is 5.76. The smallest absolute Gasteiger partial charge is 0.313 e. The second-order valence-electron chi connectivity index (χ2n) is 4.70. The van der Waals surface area contributed by atoms with Gasteiger partial charge in [0.1, 0.15) is 5.75 Å². The summed E-state index contributed by atoms with van der Waals surface area (Å²) in [5, 5.41) is 11.3. The molecule has 0 saturated carbocycles. The molecule has 0 radical (unpaired) electrons. The van der Waals surface area contributed by atoms with Crippen molar-refractivity contribution in [3.8, 4) is 11.5 Å². The first-order valence-corrected chi connectivity index (χ1v) is 6.70. The Balaban J connectivity index is 2.34. The average molecular weight is 321 g/mol. The first kappa shape index (κ1) is 15.8. The Labute approximate surface area is 132 Å². The third-order valence-electron chi connectivity index (χ3n) is 2.83. The maximum absolute atomic E-state index is 11.9. The quantitative estimate of drug-likeness (QED) is 0.635. The number of carbonyl (C=O) groups excluding carboxylic acids is 1. The molecule has 6 nitrogen and oxygen atoms in total. The lowest BCUT2D eigenvalue weighted by Gasteiger charge is -2.11. The molecule has 0 atom stereocenters. The topological polar surface area (TPSA) is 72.7 Å². The van der Waals surface area contributed by atoms with Gasteiger partial charge >= 0.3 is 5.69 Å². The number of hydrogen-bond donors (Lipinski definition) is 0. The fraction of sp³-hybridized carbons (Fsp3) is 0.133. The van der Waals surface area contributed by atoms with Crippen LogP contribution in [0.2, 0.25) is 5.02 Å². The van der Waals surface area contributed by atoms with Crippen molar-refractivity contribution in [2.24, 2.45) is 0 Å². The van der Waals surface area contributed by atoms with Gasteiger partial charge < -0.3 is 9.64 Å². The monoisotopic (exact) mass is 320 g/mol. The largest absolute Gasteiger partial charge is 0.450 e. The minimum Gasteiger partial charge on any atom is -0.450 e. The van der Waals surface area contributed by atoms with Gasteiger partial charge in [0.2, 0.25) is 5.75 Å². The molecule has 0 aliphatic carbocycles. The molecule has 0 saturated heterocycles. The highest BCUT2D eigenvalue weighted by Crippen LogP contribution is 2.33. The summed E-state index contributed by atoms with van der Waals surface area (Å²) in [7, 11) is 3.28. The van der Waals surface area contributed by atoms with E-state index in [9.17, 15) is 14.9 Å². The third kappa shape index (κ3) is 3.53. The van der Waals surface area contributed by atoms with Crippen LogP contribution in [0.4, 0.5) is 5.69 Å². The van der Waals surface area contributed by atoms with Crippen LogP contribution in [0.5, 0.6) is 11.5 Å². The molecule has 0 spiro atoms. The molecule has 2 rings (SSSR count). The molecule has 0 N–H and O–H groups in total. The van der Waals surface area contributed by atoms with Gasteiger partial charge in [-0.2, -0.15) is 0 Å². The highest BCUT2D eigenvalue weighted by molar-refractivity contribution is 6.30. The summed E-state index contributed by atoms with van der Waals surface area (Å²) in [5.41, 5.74) is 0.191. The fourth-order valence-corrected chi connectivity index (χ4v) is 1.96. The first-order valence-electron chi connectivity index (χ1n) is 6.32. The molecule has 7 heteroatoms. The van der Waals surface area contributed by atoms with Crippen molar-refractivity contribution >= 4 is 23.2 Å². The Morgan fingerprint density at radius 3 is 2.59 bits per heavy atom. The SMILES string of the molecule is CN(C)C(=O)c1cccc(Oc2ccc(Cl)cc2[N+](=O)[O-])c1. The third-order valence-corrected chi connectivity index (χ3v) is 3.07. The van der Waals surface area contributed by atoms with Crippen LogP contribution in [0.15, 0.2) is 42.5 Å². The molecule has 2 aromatic carbocycles. The maximum atomic E-state index is 11.9. The standard InChI is InChI=1S/C15H13ClN2O4/c1-17(2)15(19)10-4-3-5-12(8-10)22-14-7-6-11(16)9-13(14)18(20)21/h3-9H,1-2H3. The van der Waals surface area contributed by atoms with E-state index in [2.05, 4.69) is 0 Å². The lowest BCUT2D eigenvalue weighted by Crippen LogP contribution is -2.21. The molecule has 0 aromatic heterocycles. The highest BCUT2D eigenvalue weighted by Gasteiger charge is 2.17. The molecule has 0 bridgehead atoms. The van der Waals surface area contributed by atoms with Gasteiger partial charge in [0, 0.05) is 30.7 Å². The predicted octanol–water partition coefficient (Wildman–Crippen LogP) is 3.74. The van der Waals surface area contributed by atoms with E-state index in [1.807, 2.05) is 0 Å². The Kier molecular flexibility index (Phi) is 4.62. The summed E-state index contributed by atoms with van der Waals surface area (Å²) in [6.07, 6.45) is 0. The van der Waals surface area contributed by atoms with Crippen molar-refractivity contribution in [3.05, 3.63) is 63.2 Å². The van der Waals surface area contributed by atoms with Crippen LogP contribution in [0.1, 0.15) is 10.4 Å². The zero-order valence-electron chi connectivity index (χ0n) is 11.9. The van der Waals surface area contributed by atoms with E-state index in [-0.39, 0.29) is 22.4 Å². The summed E-state index contributed by atoms with van der Waals surface area (Å²) < 4.78 is 5.53. The van der Waals surface area contributed by atoms with Crippen molar-refractivity contribution in [2.45, 2.75) is 0 Å². The predicted molar refractivity (Wildman–Crippen MR) is 82.6 cm³/mol. The number of amides is 1. The molecular weight excluding hydrogens is 308 g/mol. The lowest BCUT2D eigenvalue weighted by atomic mass is 10.2. The first-order chi connectivity index (χ1) is 10.4. The Morgan fingerprint density at radius 2 is 1.95 bits per heavy atom. The summed E-state index contributed by atoms with van der Waals surface area (Å²) in [6, 6.07) is 10.6. The molecule has 0 heterocycles. The van der Waals surface area contributed by atoms with Crippen LogP contribution >= 0.6 is 11.6 Å². The van der Waals surface area contributed by atoms with Crippen molar-refractivity contribution in [3.63, 3.8) is 0 Å². The van der Waals surface area contributed by atoms with Crippen molar-refractivity contribution in [1.82, 2.24) is 4.90 Å². The minimum atomic E-state index is -0.573. The summed E-state index contributed by atoms with van der Waals surface area (Å²) in [5.74, 6) is 0.207. The zero-order chi connectivity index (χ0) is 16.3. The molecule has 0 aliphatic heterocycles. The summed E-state index contributed by atoms with van der Waals surface area (Å²) in [6.45, 7) is 0. The van der Waals surface area contributed by atoms with E-state index >= 15 is 0 Å². The fourth-order valence-electron chi connectivity index (χ4n) is 1.80. The van der Waals surface area contributed by atoms with Gasteiger partial charge in [0.05, 0.1) is 4.92 Å². The number of rotatable bonds is 4. The number of hydrogen-bond acceptors (Lipinski definition) is 4. The number of nitro groups is 1. The van der Waals surface area contributed by atoms with Crippen LogP contribution in [0.25, 0.3) is 0 Å². The van der Waals surface area contributed by atoms with E-state index in [0.717, 1.165) is 0 Å². The molecule has 0 unspecified atom stereocenters. The number of carbonyl (C=O) groups is 1. The second kappa shape index (κ2) is 6.44. The minimum absolute atomic E-state index is 0.0591. The van der Waals surface area contributed by atoms with Crippen LogP contribution in [-0.2, 0) is 0 Å². The van der Waals surface area contributed by atoms with Gasteiger partial charge in [-0.25, -0.2) is 0 Å². The maximum Gasteiger partial charge on any atom is 0.313 e. The Hall–Kier alpha value is -2.60. The molecule has 0 fully saturated rings. The lowest BCUT2D eigenvalue weighted by molar-refractivity contribution is -0.385. The van der Waals surface area contributed by atoms with E-state index < -0.39 is 4.92 Å². The molecule has 0 aliphatic rings. The van der Waals surface area contributed by atoms with Crippen molar-refractivity contribution in [2.75, 3.05) is 14.1 Å². The van der Waals surface area contributed by atoms with Crippen molar-refractivity contribution in [1.29, 1.82) is 0 Å². The number of nitro benzene ring substituents is 1. The van der Waals surface area contributed by atoms with Crippen LogP contribution in [-0.4, -0.2) is 29.8 Å².